The van der Waals surface area contributed by atoms with Crippen molar-refractivity contribution >= 4 is 5.65 Å². The van der Waals surface area contributed by atoms with E-state index in [1.165, 1.54) is 12.1 Å². The molecule has 0 saturated carbocycles. The van der Waals surface area contributed by atoms with E-state index < -0.39 is 11.6 Å². The van der Waals surface area contributed by atoms with Crippen molar-refractivity contribution in [2.45, 2.75) is 26.3 Å². The summed E-state index contributed by atoms with van der Waals surface area (Å²) in [4.78, 5) is 8.93. The van der Waals surface area contributed by atoms with Gasteiger partial charge in [0, 0.05) is 42.7 Å². The Balaban J connectivity index is 1.78. The normalized spacial score (nSPS) is 13.5. The van der Waals surface area contributed by atoms with Crippen LogP contribution in [0, 0.1) is 18.6 Å². The summed E-state index contributed by atoms with van der Waals surface area (Å²) in [5, 5.41) is 0. The van der Waals surface area contributed by atoms with Gasteiger partial charge < -0.3 is 8.97 Å². The number of rotatable bonds is 2. The molecule has 0 unspecified atom stereocenters. The van der Waals surface area contributed by atoms with Crippen molar-refractivity contribution in [2.24, 2.45) is 0 Å². The molecule has 6 heteroatoms. The van der Waals surface area contributed by atoms with Crippen LogP contribution in [-0.2, 0) is 13.0 Å². The predicted molar refractivity (Wildman–Crippen MR) is 94.8 cm³/mol. The molecule has 0 amide bonds. The van der Waals surface area contributed by atoms with Crippen LogP contribution in [0.15, 0.2) is 42.9 Å². The average Bonchev–Trinajstić information content (AvgIpc) is 3.32. The minimum Gasteiger partial charge on any atom is -0.327 e. The van der Waals surface area contributed by atoms with Crippen molar-refractivity contribution < 1.29 is 8.78 Å². The molecule has 3 aromatic heterocycles. The quantitative estimate of drug-likeness (QED) is 0.537. The Hall–Kier alpha value is -3.02. The van der Waals surface area contributed by atoms with Crippen LogP contribution in [0.3, 0.4) is 0 Å². The lowest BCUT2D eigenvalue weighted by Gasteiger charge is -2.10. The van der Waals surface area contributed by atoms with Gasteiger partial charge in [0.1, 0.15) is 23.1 Å². The Morgan fingerprint density at radius 1 is 1.12 bits per heavy atom. The highest BCUT2D eigenvalue weighted by molar-refractivity contribution is 5.80. The molecule has 0 spiro atoms. The van der Waals surface area contributed by atoms with E-state index >= 15 is 0 Å². The molecule has 1 aliphatic heterocycles. The second kappa shape index (κ2) is 5.49. The maximum Gasteiger partial charge on any atom is 0.136 e. The molecule has 130 valence electrons. The molecule has 1 aromatic carbocycles. The summed E-state index contributed by atoms with van der Waals surface area (Å²) in [5.41, 5.74) is 3.57. The zero-order valence-electron chi connectivity index (χ0n) is 14.2. The minimum atomic E-state index is -0.453. The van der Waals surface area contributed by atoms with E-state index in [-0.39, 0.29) is 5.56 Å². The first-order chi connectivity index (χ1) is 12.6. The van der Waals surface area contributed by atoms with Gasteiger partial charge in [-0.25, -0.2) is 18.7 Å². The molecule has 0 atom stereocenters. The van der Waals surface area contributed by atoms with Crippen molar-refractivity contribution in [1.29, 1.82) is 0 Å². The number of aromatic nitrogens is 4. The van der Waals surface area contributed by atoms with Gasteiger partial charge in [-0.3, -0.25) is 0 Å². The molecule has 4 aromatic rings. The second-order valence-corrected chi connectivity index (χ2v) is 6.67. The van der Waals surface area contributed by atoms with Gasteiger partial charge in [-0.05, 0) is 43.2 Å². The van der Waals surface area contributed by atoms with E-state index in [9.17, 15) is 8.78 Å². The second-order valence-electron chi connectivity index (χ2n) is 6.67. The lowest BCUT2D eigenvalue weighted by Crippen LogP contribution is -1.99. The maximum absolute atomic E-state index is 14.6. The number of nitrogens with zero attached hydrogens (tertiary/aromatic N) is 4. The van der Waals surface area contributed by atoms with E-state index in [2.05, 4.69) is 14.5 Å². The molecule has 0 radical (unpaired) electrons. The van der Waals surface area contributed by atoms with Crippen LogP contribution >= 0.6 is 0 Å². The van der Waals surface area contributed by atoms with E-state index in [1.54, 1.807) is 13.1 Å². The third-order valence-electron chi connectivity index (χ3n) is 4.99. The highest BCUT2D eigenvalue weighted by Gasteiger charge is 2.25. The SMILES string of the molecule is Cc1cc(F)c(-c2nc3n(c2-c2ccc4nccn4c2)CCC3)cc1F. The van der Waals surface area contributed by atoms with Crippen molar-refractivity contribution in [3.8, 4) is 22.5 Å². The molecule has 0 N–H and O–H groups in total. The van der Waals surface area contributed by atoms with E-state index in [1.807, 2.05) is 28.9 Å². The number of imidazole rings is 2. The first-order valence-corrected chi connectivity index (χ1v) is 8.60. The highest BCUT2D eigenvalue weighted by Crippen LogP contribution is 2.37. The molecular weight excluding hydrogens is 334 g/mol. The first-order valence-electron chi connectivity index (χ1n) is 8.60. The lowest BCUT2D eigenvalue weighted by molar-refractivity contribution is 0.595. The Labute approximate surface area is 148 Å². The van der Waals surface area contributed by atoms with E-state index in [4.69, 9.17) is 0 Å². The van der Waals surface area contributed by atoms with Crippen LogP contribution in [0.25, 0.3) is 28.2 Å². The van der Waals surface area contributed by atoms with Gasteiger partial charge in [-0.15, -0.1) is 0 Å². The molecule has 4 heterocycles. The number of halogens is 2. The molecule has 0 saturated heterocycles. The molecule has 0 fully saturated rings. The fourth-order valence-electron chi connectivity index (χ4n) is 3.69. The van der Waals surface area contributed by atoms with Crippen molar-refractivity contribution in [2.75, 3.05) is 0 Å². The number of hydrogen-bond donors (Lipinski definition) is 0. The van der Waals surface area contributed by atoms with E-state index in [0.717, 1.165) is 42.1 Å². The van der Waals surface area contributed by atoms with Gasteiger partial charge >= 0.3 is 0 Å². The molecule has 0 aliphatic carbocycles. The van der Waals surface area contributed by atoms with Crippen LogP contribution in [-0.4, -0.2) is 18.9 Å². The van der Waals surface area contributed by atoms with Crippen LogP contribution in [0.2, 0.25) is 0 Å². The lowest BCUT2D eigenvalue weighted by atomic mass is 10.0. The monoisotopic (exact) mass is 350 g/mol. The number of benzene rings is 1. The number of aryl methyl sites for hydroxylation is 2. The molecule has 0 bridgehead atoms. The Morgan fingerprint density at radius 2 is 2.00 bits per heavy atom. The van der Waals surface area contributed by atoms with Crippen molar-refractivity contribution in [3.63, 3.8) is 0 Å². The Bertz CT molecular complexity index is 1160. The summed E-state index contributed by atoms with van der Waals surface area (Å²) >= 11 is 0. The molecule has 1 aliphatic rings. The van der Waals surface area contributed by atoms with Gasteiger partial charge in [0.2, 0.25) is 0 Å². The number of fused-ring (bicyclic) bond motifs is 2. The fourth-order valence-corrected chi connectivity index (χ4v) is 3.69. The number of hydrogen-bond acceptors (Lipinski definition) is 2. The van der Waals surface area contributed by atoms with Crippen molar-refractivity contribution in [1.82, 2.24) is 18.9 Å². The van der Waals surface area contributed by atoms with Crippen LogP contribution in [0.4, 0.5) is 8.78 Å². The smallest absolute Gasteiger partial charge is 0.136 e. The van der Waals surface area contributed by atoms with E-state index in [0.29, 0.717) is 11.3 Å². The summed E-state index contributed by atoms with van der Waals surface area (Å²) in [7, 11) is 0. The summed E-state index contributed by atoms with van der Waals surface area (Å²) < 4.78 is 32.8. The summed E-state index contributed by atoms with van der Waals surface area (Å²) in [6, 6.07) is 6.36. The van der Waals surface area contributed by atoms with Gasteiger partial charge in [0.25, 0.3) is 0 Å². The topological polar surface area (TPSA) is 35.1 Å². The highest BCUT2D eigenvalue weighted by atomic mass is 19.1. The molecule has 4 nitrogen and oxygen atoms in total. The predicted octanol–water partition coefficient (Wildman–Crippen LogP) is 4.40. The zero-order chi connectivity index (χ0) is 17.8. The average molecular weight is 350 g/mol. The maximum atomic E-state index is 14.6. The summed E-state index contributed by atoms with van der Waals surface area (Å²) in [5.74, 6) is 0.0392. The standard InChI is InChI=1S/C20H16F2N4/c1-12-9-16(22)14(10-15(12)21)19-20(26-7-2-3-18(26)24-19)13-4-5-17-23-6-8-25(17)11-13/h4-6,8-11H,2-3,7H2,1H3. The minimum absolute atomic E-state index is 0.204. The van der Waals surface area contributed by atoms with Crippen LogP contribution in [0.5, 0.6) is 0 Å². The van der Waals surface area contributed by atoms with Gasteiger partial charge in [0.05, 0.1) is 11.4 Å². The Morgan fingerprint density at radius 3 is 2.88 bits per heavy atom. The summed E-state index contributed by atoms with van der Waals surface area (Å²) in [6.07, 6.45) is 7.41. The number of pyridine rings is 1. The largest absolute Gasteiger partial charge is 0.327 e. The Kier molecular flexibility index (Phi) is 3.22. The zero-order valence-corrected chi connectivity index (χ0v) is 14.2. The third kappa shape index (κ3) is 2.18. The van der Waals surface area contributed by atoms with Crippen LogP contribution in [0.1, 0.15) is 17.8 Å². The fraction of sp³-hybridized carbons (Fsp3) is 0.200. The molecule has 5 rings (SSSR count). The third-order valence-corrected chi connectivity index (χ3v) is 4.99. The molecular formula is C20H16F2N4. The van der Waals surface area contributed by atoms with Gasteiger partial charge in [0.15, 0.2) is 0 Å². The van der Waals surface area contributed by atoms with Crippen molar-refractivity contribution in [3.05, 3.63) is 65.9 Å². The first kappa shape index (κ1) is 15.3. The van der Waals surface area contributed by atoms with Crippen LogP contribution < -0.4 is 0 Å². The summed E-state index contributed by atoms with van der Waals surface area (Å²) in [6.45, 7) is 2.39. The van der Waals surface area contributed by atoms with Gasteiger partial charge in [-0.1, -0.05) is 0 Å². The van der Waals surface area contributed by atoms with Gasteiger partial charge in [-0.2, -0.15) is 0 Å². The molecule has 26 heavy (non-hydrogen) atoms.